The molecule has 2 aliphatic rings. The molecule has 2 amide bonds. The molecule has 4 rings (SSSR count). The Morgan fingerprint density at radius 3 is 2.34 bits per heavy atom. The maximum absolute atomic E-state index is 13.5. The summed E-state index contributed by atoms with van der Waals surface area (Å²) in [5.74, 6) is -0.482. The molecule has 6 nitrogen and oxygen atoms in total. The van der Waals surface area contributed by atoms with Crippen LogP contribution >= 0.6 is 0 Å². The zero-order valence-electron chi connectivity index (χ0n) is 19.1. The molecule has 6 heteroatoms. The zero-order valence-corrected chi connectivity index (χ0v) is 19.1. The van der Waals surface area contributed by atoms with E-state index in [1.54, 1.807) is 0 Å². The number of hydrogen-bond acceptors (Lipinski definition) is 5. The predicted molar refractivity (Wildman–Crippen MR) is 126 cm³/mol. The summed E-state index contributed by atoms with van der Waals surface area (Å²) in [6.45, 7) is 10.6. The van der Waals surface area contributed by atoms with Gasteiger partial charge in [0.2, 0.25) is 0 Å². The van der Waals surface area contributed by atoms with Crippen LogP contribution in [0.15, 0.2) is 48.2 Å². The number of carbonyl (C=O) groups excluding carboxylic acids is 2. The van der Waals surface area contributed by atoms with E-state index in [1.165, 1.54) is 4.90 Å². The first-order valence-electron chi connectivity index (χ1n) is 11.3. The minimum absolute atomic E-state index is 0.226. The fraction of sp³-hybridized carbons (Fsp3) is 0.385. The molecule has 168 valence electrons. The molecule has 1 saturated heterocycles. The van der Waals surface area contributed by atoms with Crippen LogP contribution in [0, 0.1) is 20.8 Å². The standard InChI is InChI=1S/C26H31N3O3/c1-18-9-10-21(17-20(18)3)23-24(27-22-8-5-4-7-19(22)2)26(31)29(25(23)30)12-6-11-28-13-15-32-16-14-28/h4-5,7-10,17,27H,6,11-16H2,1-3H3. The van der Waals surface area contributed by atoms with Gasteiger partial charge >= 0.3 is 0 Å². The number of rotatable bonds is 7. The summed E-state index contributed by atoms with van der Waals surface area (Å²) < 4.78 is 5.40. The van der Waals surface area contributed by atoms with Crippen LogP contribution in [-0.4, -0.2) is 61.0 Å². The summed E-state index contributed by atoms with van der Waals surface area (Å²) in [6, 6.07) is 13.7. The minimum atomic E-state index is -0.256. The Labute approximate surface area is 189 Å². The fourth-order valence-corrected chi connectivity index (χ4v) is 4.18. The Morgan fingerprint density at radius 1 is 0.875 bits per heavy atom. The van der Waals surface area contributed by atoms with Crippen molar-refractivity contribution in [2.45, 2.75) is 27.2 Å². The van der Waals surface area contributed by atoms with Gasteiger partial charge in [-0.15, -0.1) is 0 Å². The van der Waals surface area contributed by atoms with E-state index in [4.69, 9.17) is 4.74 Å². The molecular formula is C26H31N3O3. The molecule has 0 radical (unpaired) electrons. The Hall–Kier alpha value is -2.96. The van der Waals surface area contributed by atoms with Crippen molar-refractivity contribution < 1.29 is 14.3 Å². The van der Waals surface area contributed by atoms with E-state index >= 15 is 0 Å². The second kappa shape index (κ2) is 9.67. The molecule has 0 aromatic heterocycles. The maximum atomic E-state index is 13.5. The van der Waals surface area contributed by atoms with E-state index in [0.717, 1.165) is 67.2 Å². The van der Waals surface area contributed by atoms with Crippen molar-refractivity contribution in [2.24, 2.45) is 0 Å². The van der Waals surface area contributed by atoms with Crippen molar-refractivity contribution >= 4 is 23.1 Å². The smallest absolute Gasteiger partial charge is 0.278 e. The minimum Gasteiger partial charge on any atom is -0.379 e. The van der Waals surface area contributed by atoms with Crippen LogP contribution in [0.2, 0.25) is 0 Å². The van der Waals surface area contributed by atoms with Crippen molar-refractivity contribution in [3.05, 3.63) is 70.4 Å². The highest BCUT2D eigenvalue weighted by atomic mass is 16.5. The Balaban J connectivity index is 1.60. The van der Waals surface area contributed by atoms with Gasteiger partial charge in [-0.1, -0.05) is 36.4 Å². The lowest BCUT2D eigenvalue weighted by Gasteiger charge is -2.27. The van der Waals surface area contributed by atoms with E-state index in [1.807, 2.05) is 63.2 Å². The van der Waals surface area contributed by atoms with E-state index in [0.29, 0.717) is 17.8 Å². The second-order valence-corrected chi connectivity index (χ2v) is 8.56. The molecule has 2 heterocycles. The lowest BCUT2D eigenvalue weighted by atomic mass is 9.99. The van der Waals surface area contributed by atoms with Gasteiger partial charge in [0.05, 0.1) is 18.8 Å². The van der Waals surface area contributed by atoms with Gasteiger partial charge in [0, 0.05) is 31.9 Å². The van der Waals surface area contributed by atoms with Crippen molar-refractivity contribution in [1.29, 1.82) is 0 Å². The molecule has 2 aliphatic heterocycles. The van der Waals surface area contributed by atoms with Crippen LogP contribution in [0.3, 0.4) is 0 Å². The molecule has 2 aromatic carbocycles. The third kappa shape index (κ3) is 4.61. The van der Waals surface area contributed by atoms with Crippen molar-refractivity contribution in [3.63, 3.8) is 0 Å². The van der Waals surface area contributed by atoms with Gasteiger partial charge in [0.1, 0.15) is 5.70 Å². The maximum Gasteiger partial charge on any atom is 0.278 e. The number of morpholine rings is 1. The normalized spacial score (nSPS) is 17.4. The van der Waals surface area contributed by atoms with Crippen LogP contribution in [0.5, 0.6) is 0 Å². The summed E-state index contributed by atoms with van der Waals surface area (Å²) in [5, 5.41) is 3.28. The quantitative estimate of drug-likeness (QED) is 0.677. The van der Waals surface area contributed by atoms with E-state index in [2.05, 4.69) is 10.2 Å². The monoisotopic (exact) mass is 433 g/mol. The van der Waals surface area contributed by atoms with Crippen molar-refractivity contribution in [1.82, 2.24) is 9.80 Å². The number of aryl methyl sites for hydroxylation is 3. The molecule has 0 aliphatic carbocycles. The third-order valence-corrected chi connectivity index (χ3v) is 6.33. The van der Waals surface area contributed by atoms with Crippen LogP contribution in [0.4, 0.5) is 5.69 Å². The molecule has 0 atom stereocenters. The SMILES string of the molecule is Cc1ccc(C2=C(Nc3ccccc3C)C(=O)N(CCCN3CCOCC3)C2=O)cc1C. The van der Waals surface area contributed by atoms with E-state index in [-0.39, 0.29) is 11.8 Å². The highest BCUT2D eigenvalue weighted by molar-refractivity contribution is 6.36. The third-order valence-electron chi connectivity index (χ3n) is 6.33. The van der Waals surface area contributed by atoms with Gasteiger partial charge in [0.25, 0.3) is 11.8 Å². The van der Waals surface area contributed by atoms with Crippen LogP contribution in [0.1, 0.15) is 28.7 Å². The van der Waals surface area contributed by atoms with Crippen LogP contribution < -0.4 is 5.32 Å². The Morgan fingerprint density at radius 2 is 1.62 bits per heavy atom. The van der Waals surface area contributed by atoms with Crippen LogP contribution in [-0.2, 0) is 14.3 Å². The van der Waals surface area contributed by atoms with Gasteiger partial charge in [0.15, 0.2) is 0 Å². The molecule has 2 aromatic rings. The highest BCUT2D eigenvalue weighted by Crippen LogP contribution is 2.32. The zero-order chi connectivity index (χ0) is 22.7. The summed E-state index contributed by atoms with van der Waals surface area (Å²) in [6.07, 6.45) is 0.745. The van der Waals surface area contributed by atoms with Gasteiger partial charge in [-0.3, -0.25) is 19.4 Å². The number of hydrogen-bond donors (Lipinski definition) is 1. The van der Waals surface area contributed by atoms with Crippen molar-refractivity contribution in [3.8, 4) is 0 Å². The summed E-state index contributed by atoms with van der Waals surface area (Å²) in [5.41, 5.74) is 5.69. The predicted octanol–water partition coefficient (Wildman–Crippen LogP) is 3.53. The molecule has 1 N–H and O–H groups in total. The number of nitrogens with one attached hydrogen (secondary N) is 1. The Kier molecular flexibility index (Phi) is 6.72. The van der Waals surface area contributed by atoms with E-state index < -0.39 is 0 Å². The molecule has 0 bridgehead atoms. The number of amides is 2. The number of nitrogens with zero attached hydrogens (tertiary/aromatic N) is 2. The number of imide groups is 1. The number of benzene rings is 2. The lowest BCUT2D eigenvalue weighted by Crippen LogP contribution is -2.39. The summed E-state index contributed by atoms with van der Waals surface area (Å²) >= 11 is 0. The first-order chi connectivity index (χ1) is 15.5. The van der Waals surface area contributed by atoms with E-state index in [9.17, 15) is 9.59 Å². The average molecular weight is 434 g/mol. The molecule has 0 saturated carbocycles. The van der Waals surface area contributed by atoms with Gasteiger partial charge < -0.3 is 10.1 Å². The number of carbonyl (C=O) groups is 2. The molecule has 0 unspecified atom stereocenters. The topological polar surface area (TPSA) is 61.9 Å². The highest BCUT2D eigenvalue weighted by Gasteiger charge is 2.39. The Bertz CT molecular complexity index is 1050. The van der Waals surface area contributed by atoms with Gasteiger partial charge in [-0.25, -0.2) is 0 Å². The molecule has 1 fully saturated rings. The molecule has 0 spiro atoms. The number of ether oxygens (including phenoxy) is 1. The fourth-order valence-electron chi connectivity index (χ4n) is 4.18. The first kappa shape index (κ1) is 22.2. The van der Waals surface area contributed by atoms with Crippen LogP contribution in [0.25, 0.3) is 5.57 Å². The van der Waals surface area contributed by atoms with Crippen molar-refractivity contribution in [2.75, 3.05) is 44.7 Å². The summed E-state index contributed by atoms with van der Waals surface area (Å²) in [7, 11) is 0. The number of para-hydroxylation sites is 1. The van der Waals surface area contributed by atoms with Gasteiger partial charge in [-0.2, -0.15) is 0 Å². The van der Waals surface area contributed by atoms with Gasteiger partial charge in [-0.05, 0) is 55.5 Å². The molecule has 32 heavy (non-hydrogen) atoms. The second-order valence-electron chi connectivity index (χ2n) is 8.56. The largest absolute Gasteiger partial charge is 0.379 e. The molecular weight excluding hydrogens is 402 g/mol. The number of anilines is 1. The first-order valence-corrected chi connectivity index (χ1v) is 11.3. The average Bonchev–Trinajstić information content (AvgIpc) is 3.02. The summed E-state index contributed by atoms with van der Waals surface area (Å²) in [4.78, 5) is 30.6. The lowest BCUT2D eigenvalue weighted by molar-refractivity contribution is -0.136.